The number of anilines is 2. The molecule has 2 atom stereocenters. The summed E-state index contributed by atoms with van der Waals surface area (Å²) in [7, 11) is -7.34. The summed E-state index contributed by atoms with van der Waals surface area (Å²) in [6.45, 7) is 12.7. The van der Waals surface area contributed by atoms with Crippen LogP contribution in [0.15, 0.2) is 125 Å². The van der Waals surface area contributed by atoms with Gasteiger partial charge in [0.1, 0.15) is 5.82 Å². The number of rotatable bonds is 20. The van der Waals surface area contributed by atoms with Crippen molar-refractivity contribution < 1.29 is 31.9 Å². The molecule has 17 heteroatoms. The number of aliphatic hydroxyl groups excluding tert-OH is 1. The average Bonchev–Trinajstić information content (AvgIpc) is 3.69. The van der Waals surface area contributed by atoms with Gasteiger partial charge in [-0.2, -0.15) is 0 Å². The van der Waals surface area contributed by atoms with E-state index in [1.54, 1.807) is 49.9 Å². The van der Waals surface area contributed by atoms with Gasteiger partial charge in [-0.15, -0.1) is 11.8 Å². The average molecular weight is 1070 g/mol. The van der Waals surface area contributed by atoms with E-state index >= 15 is 4.39 Å². The van der Waals surface area contributed by atoms with Gasteiger partial charge in [0.05, 0.1) is 34.4 Å². The smallest absolute Gasteiger partial charge is 0.273 e. The van der Waals surface area contributed by atoms with Gasteiger partial charge in [-0.05, 0) is 143 Å². The van der Waals surface area contributed by atoms with E-state index in [0.29, 0.717) is 76.7 Å². The van der Waals surface area contributed by atoms with Crippen molar-refractivity contribution in [2.24, 2.45) is 5.92 Å². The summed E-state index contributed by atoms with van der Waals surface area (Å²) in [6, 6.07) is 34.9. The third-order valence-electron chi connectivity index (χ3n) is 14.1. The van der Waals surface area contributed by atoms with Crippen LogP contribution in [0.4, 0.5) is 21.5 Å². The number of piperazine rings is 1. The number of hydrogen-bond acceptors (Lipinski definition) is 11. The fraction of sp³-hybridized carbons (Fsp3) is 0.393. The highest BCUT2D eigenvalue weighted by Crippen LogP contribution is 2.50. The number of sulfone groups is 1. The Kier molecular flexibility index (Phi) is 17.6. The number of halogens is 2. The topological polar surface area (TPSA) is 138 Å². The molecule has 2 saturated heterocycles. The highest BCUT2D eigenvalue weighted by molar-refractivity contribution is 7.99. The molecule has 0 radical (unpaired) electrons. The quantitative estimate of drug-likeness (QED) is 0.0338. The molecule has 6 aromatic rings. The molecule has 1 aromatic heterocycles. The Morgan fingerprint density at radius 2 is 1.53 bits per heavy atom. The first-order chi connectivity index (χ1) is 34.9. The van der Waals surface area contributed by atoms with E-state index in [1.807, 2.05) is 79.1 Å². The lowest BCUT2D eigenvalue weighted by Crippen LogP contribution is -2.46. The van der Waals surface area contributed by atoms with Crippen molar-refractivity contribution >= 4 is 62.9 Å². The van der Waals surface area contributed by atoms with Gasteiger partial charge in [0.2, 0.25) is 7.37 Å². The van der Waals surface area contributed by atoms with Crippen LogP contribution in [-0.4, -0.2) is 98.4 Å². The van der Waals surface area contributed by atoms with Gasteiger partial charge in [-0.3, -0.25) is 14.7 Å². The van der Waals surface area contributed by atoms with Crippen LogP contribution in [0.3, 0.4) is 0 Å². The predicted molar refractivity (Wildman–Crippen MR) is 296 cm³/mol. The van der Waals surface area contributed by atoms with E-state index in [2.05, 4.69) is 26.8 Å². The second-order valence-corrected chi connectivity index (χ2v) is 25.5. The van der Waals surface area contributed by atoms with E-state index in [4.69, 9.17) is 16.1 Å². The van der Waals surface area contributed by atoms with Crippen molar-refractivity contribution in [2.45, 2.75) is 81.5 Å². The minimum absolute atomic E-state index is 0.0566. The molecule has 12 nitrogen and oxygen atoms in total. The maximum Gasteiger partial charge on any atom is 0.273 e. The van der Waals surface area contributed by atoms with Crippen LogP contribution in [0, 0.1) is 28.8 Å². The van der Waals surface area contributed by atoms with Gasteiger partial charge in [-0.25, -0.2) is 12.8 Å². The first kappa shape index (κ1) is 54.3. The Balaban J connectivity index is 0.969. The molecule has 3 heterocycles. The second-order valence-electron chi connectivity index (χ2n) is 19.6. The van der Waals surface area contributed by atoms with Crippen LogP contribution < -0.4 is 15.1 Å². The number of nitro benzene ring substituents is 1. The van der Waals surface area contributed by atoms with E-state index in [-0.39, 0.29) is 46.3 Å². The van der Waals surface area contributed by atoms with Gasteiger partial charge in [0.25, 0.3) is 5.69 Å². The Morgan fingerprint density at radius 3 is 2.15 bits per heavy atom. The van der Waals surface area contributed by atoms with Crippen LogP contribution in [0.2, 0.25) is 5.02 Å². The lowest BCUT2D eigenvalue weighted by atomic mass is 9.96. The molecule has 0 spiro atoms. The number of aliphatic hydroxyl groups is 1. The number of thioether (sulfide) groups is 1. The van der Waals surface area contributed by atoms with Crippen molar-refractivity contribution in [3.63, 3.8) is 0 Å². The molecule has 2 aliphatic heterocycles. The molecule has 8 rings (SSSR count). The zero-order valence-corrected chi connectivity index (χ0v) is 45.5. The molecular weight excluding hydrogens is 1000 g/mol. The second kappa shape index (κ2) is 23.7. The molecular formula is C56H66ClFN5O7PS2. The Bertz CT molecular complexity index is 3040. The number of likely N-dealkylation sites (tertiary alicyclic amines) is 1. The number of nitro groups is 1. The number of nitrogens with zero attached hydrogens (tertiary/aromatic N) is 5. The largest absolute Gasteiger partial charge is 0.393 e. The molecule has 5 aromatic carbocycles. The predicted octanol–water partition coefficient (Wildman–Crippen LogP) is 12.1. The lowest BCUT2D eigenvalue weighted by molar-refractivity contribution is -0.385. The number of hydrogen-bond donors (Lipinski definition) is 1. The number of aromatic nitrogens is 1. The third kappa shape index (κ3) is 13.1. The summed E-state index contributed by atoms with van der Waals surface area (Å²) < 4.78 is 65.7. The molecule has 1 N–H and O–H groups in total. The first-order valence-electron chi connectivity index (χ1n) is 25.1. The fourth-order valence-corrected chi connectivity index (χ4v) is 15.0. The maximum atomic E-state index is 15.8. The molecule has 2 fully saturated rings. The first-order valence-corrected chi connectivity index (χ1v) is 30.2. The van der Waals surface area contributed by atoms with Crippen molar-refractivity contribution in [3.8, 4) is 22.4 Å². The normalized spacial score (nSPS) is 16.2. The summed E-state index contributed by atoms with van der Waals surface area (Å²) in [5.41, 5.74) is 5.90. The van der Waals surface area contributed by atoms with E-state index in [1.165, 1.54) is 24.5 Å². The van der Waals surface area contributed by atoms with Gasteiger partial charge in [-0.1, -0.05) is 60.1 Å². The summed E-state index contributed by atoms with van der Waals surface area (Å²) in [6.07, 6.45) is 3.86. The molecule has 0 amide bonds. The zero-order chi connectivity index (χ0) is 52.0. The van der Waals surface area contributed by atoms with Crippen molar-refractivity contribution in [2.75, 3.05) is 74.2 Å². The minimum Gasteiger partial charge on any atom is -0.393 e. The van der Waals surface area contributed by atoms with Crippen LogP contribution >= 0.6 is 30.7 Å². The Labute approximate surface area is 439 Å². The van der Waals surface area contributed by atoms with Crippen LogP contribution in [-0.2, 0) is 31.5 Å². The minimum atomic E-state index is -3.75. The third-order valence-corrected chi connectivity index (χ3v) is 19.3. The van der Waals surface area contributed by atoms with Gasteiger partial charge in [0, 0.05) is 107 Å². The molecule has 0 saturated carbocycles. The highest BCUT2D eigenvalue weighted by atomic mass is 35.5. The standard InChI is InChI=1S/C56H66ClFN5O7PS2/c1-6-70-71(67,51-21-16-44(53(36-51)63(65)66)32-42(38-72-52-10-8-7-9-11-52)22-25-59-26-23-50(64)24-27-59)37-41-12-19-48(20-13-41)60-28-30-61(31-29-60)49-34-45(33-47(58)35-49)54-55(43-14-17-46(57)18-15-43)62(39(2)3)40(4)56(54)73(5,68)69/h7-21,33-36,39,42,50,64H,6,22-32,37-38H2,1-5H3/t42-,71?/m0/s1. The van der Waals surface area contributed by atoms with Gasteiger partial charge >= 0.3 is 0 Å². The zero-order valence-electron chi connectivity index (χ0n) is 42.3. The summed E-state index contributed by atoms with van der Waals surface area (Å²) in [5.74, 6) is 0.454. The summed E-state index contributed by atoms with van der Waals surface area (Å²) in [5, 5.41) is 23.6. The summed E-state index contributed by atoms with van der Waals surface area (Å²) >= 11 is 8.02. The van der Waals surface area contributed by atoms with Crippen LogP contribution in [0.1, 0.15) is 62.9 Å². The van der Waals surface area contributed by atoms with Crippen molar-refractivity contribution in [1.29, 1.82) is 0 Å². The highest BCUT2D eigenvalue weighted by Gasteiger charge is 2.33. The van der Waals surface area contributed by atoms with Crippen LogP contribution in [0.5, 0.6) is 0 Å². The van der Waals surface area contributed by atoms with Crippen molar-refractivity contribution in [3.05, 3.63) is 153 Å². The van der Waals surface area contributed by atoms with E-state index in [0.717, 1.165) is 66.4 Å². The fourth-order valence-electron chi connectivity index (χ4n) is 10.4. The van der Waals surface area contributed by atoms with Crippen molar-refractivity contribution in [1.82, 2.24) is 9.47 Å². The number of benzene rings is 5. The molecule has 0 bridgehead atoms. The SMILES string of the molecule is CCOP(=O)(Cc1ccc(N2CCN(c3cc(F)cc(-c4c(S(C)(=O)=O)c(C)n(C(C)C)c4-c4ccc(Cl)cc4)c3)CC2)cc1)c1ccc(C[C@H](CCN2CCC(O)CC2)CSc2ccccc2)c([N+](=O)[O-])c1. The van der Waals surface area contributed by atoms with Crippen LogP contribution in [0.25, 0.3) is 22.4 Å². The molecule has 73 heavy (non-hydrogen) atoms. The Hall–Kier alpha value is -4.99. The van der Waals surface area contributed by atoms with Gasteiger partial charge < -0.3 is 28.9 Å². The maximum absolute atomic E-state index is 15.8. The monoisotopic (exact) mass is 1070 g/mol. The van der Waals surface area contributed by atoms with E-state index < -0.39 is 23.0 Å². The molecule has 0 aliphatic carbocycles. The molecule has 388 valence electrons. The lowest BCUT2D eigenvalue weighted by Gasteiger charge is -2.37. The molecule has 1 unspecified atom stereocenters. The number of piperidine rings is 1. The summed E-state index contributed by atoms with van der Waals surface area (Å²) in [4.78, 5) is 20.4. The van der Waals surface area contributed by atoms with Gasteiger partial charge in [0.15, 0.2) is 9.84 Å². The molecule has 2 aliphatic rings. The van der Waals surface area contributed by atoms with E-state index in [9.17, 15) is 28.2 Å². The Morgan fingerprint density at radius 1 is 0.877 bits per heavy atom.